The Balaban J connectivity index is 2.03. The molecule has 0 aromatic heterocycles. The Bertz CT molecular complexity index is 248. The Labute approximate surface area is 131 Å². The Morgan fingerprint density at radius 3 is 2.48 bits per heavy atom. The zero-order chi connectivity index (χ0) is 15.6. The van der Waals surface area contributed by atoms with E-state index in [1.165, 1.54) is 51.4 Å². The number of nitrogens with one attached hydrogen (secondary N) is 1. The van der Waals surface area contributed by atoms with Crippen molar-refractivity contribution in [1.82, 2.24) is 5.32 Å². The third-order valence-corrected chi connectivity index (χ3v) is 5.25. The van der Waals surface area contributed by atoms with Crippen LogP contribution in [0.3, 0.4) is 0 Å². The van der Waals surface area contributed by atoms with Crippen LogP contribution in [-0.4, -0.2) is 37.5 Å². The lowest BCUT2D eigenvalue weighted by molar-refractivity contribution is 0.0164. The van der Waals surface area contributed by atoms with E-state index in [4.69, 9.17) is 4.74 Å². The Hall–Kier alpha value is -0.120. The van der Waals surface area contributed by atoms with Gasteiger partial charge < -0.3 is 15.2 Å². The normalized spacial score (nSPS) is 20.0. The molecule has 0 saturated heterocycles. The molecule has 1 aliphatic carbocycles. The summed E-state index contributed by atoms with van der Waals surface area (Å²) in [5.74, 6) is 0.656. The van der Waals surface area contributed by atoms with Crippen molar-refractivity contribution in [2.45, 2.75) is 78.2 Å². The van der Waals surface area contributed by atoms with Gasteiger partial charge in [-0.2, -0.15) is 0 Å². The molecule has 21 heavy (non-hydrogen) atoms. The molecule has 1 saturated carbocycles. The molecule has 0 aliphatic heterocycles. The molecule has 2 unspecified atom stereocenters. The average Bonchev–Trinajstić information content (AvgIpc) is 2.45. The van der Waals surface area contributed by atoms with Crippen molar-refractivity contribution in [2.24, 2.45) is 11.3 Å². The second-order valence-corrected chi connectivity index (χ2v) is 6.95. The Morgan fingerprint density at radius 1 is 1.19 bits per heavy atom. The fraction of sp³-hybridized carbons (Fsp3) is 1.00. The fourth-order valence-electron chi connectivity index (χ4n) is 3.16. The van der Waals surface area contributed by atoms with Crippen molar-refractivity contribution >= 4 is 0 Å². The van der Waals surface area contributed by atoms with Gasteiger partial charge in [-0.25, -0.2) is 0 Å². The second-order valence-electron chi connectivity index (χ2n) is 6.95. The number of ether oxygens (including phenoxy) is 1. The van der Waals surface area contributed by atoms with Gasteiger partial charge in [-0.15, -0.1) is 0 Å². The molecule has 2 atom stereocenters. The highest BCUT2D eigenvalue weighted by Gasteiger charge is 2.34. The number of hydrogen-bond acceptors (Lipinski definition) is 3. The highest BCUT2D eigenvalue weighted by Crippen LogP contribution is 2.42. The van der Waals surface area contributed by atoms with Gasteiger partial charge in [0, 0.05) is 19.7 Å². The molecule has 1 aliphatic rings. The van der Waals surface area contributed by atoms with Crippen molar-refractivity contribution in [3.05, 3.63) is 0 Å². The number of hydrogen-bond donors (Lipinski definition) is 2. The second kappa shape index (κ2) is 10.6. The molecule has 1 rings (SSSR count). The zero-order valence-corrected chi connectivity index (χ0v) is 14.5. The van der Waals surface area contributed by atoms with Crippen LogP contribution in [0.1, 0.15) is 72.1 Å². The van der Waals surface area contributed by atoms with Gasteiger partial charge in [-0.05, 0) is 37.0 Å². The molecule has 1 fully saturated rings. The summed E-state index contributed by atoms with van der Waals surface area (Å²) < 4.78 is 5.70. The number of aliphatic hydroxyl groups excluding tert-OH is 1. The molecule has 0 bridgehead atoms. The van der Waals surface area contributed by atoms with Crippen LogP contribution in [0.15, 0.2) is 0 Å². The average molecular weight is 299 g/mol. The van der Waals surface area contributed by atoms with Gasteiger partial charge in [0.05, 0.1) is 12.7 Å². The van der Waals surface area contributed by atoms with Crippen LogP contribution in [0.2, 0.25) is 0 Å². The molecule has 3 nitrogen and oxygen atoms in total. The lowest BCUT2D eigenvalue weighted by Gasteiger charge is -2.41. The molecular formula is C18H37NO2. The van der Waals surface area contributed by atoms with Crippen LogP contribution in [0, 0.1) is 11.3 Å². The van der Waals surface area contributed by atoms with Gasteiger partial charge in [-0.1, -0.05) is 46.5 Å². The highest BCUT2D eigenvalue weighted by molar-refractivity contribution is 4.88. The summed E-state index contributed by atoms with van der Waals surface area (Å²) in [5, 5.41) is 13.4. The largest absolute Gasteiger partial charge is 0.389 e. The minimum absolute atomic E-state index is 0.373. The van der Waals surface area contributed by atoms with Crippen LogP contribution >= 0.6 is 0 Å². The molecule has 2 N–H and O–H groups in total. The van der Waals surface area contributed by atoms with E-state index in [0.717, 1.165) is 13.2 Å². The summed E-state index contributed by atoms with van der Waals surface area (Å²) in [6.07, 6.45) is 9.90. The van der Waals surface area contributed by atoms with Crippen LogP contribution in [-0.2, 0) is 4.74 Å². The van der Waals surface area contributed by atoms with Gasteiger partial charge in [-0.3, -0.25) is 0 Å². The molecule has 0 spiro atoms. The first-order valence-electron chi connectivity index (χ1n) is 9.12. The van der Waals surface area contributed by atoms with Gasteiger partial charge in [0.15, 0.2) is 0 Å². The molecule has 0 amide bonds. The monoisotopic (exact) mass is 299 g/mol. The van der Waals surface area contributed by atoms with Crippen LogP contribution in [0.4, 0.5) is 0 Å². The van der Waals surface area contributed by atoms with Crippen molar-refractivity contribution < 1.29 is 9.84 Å². The first-order valence-corrected chi connectivity index (χ1v) is 9.12. The summed E-state index contributed by atoms with van der Waals surface area (Å²) in [6, 6.07) is 0. The van der Waals surface area contributed by atoms with E-state index in [1.54, 1.807) is 0 Å². The first-order chi connectivity index (χ1) is 10.2. The Morgan fingerprint density at radius 2 is 1.95 bits per heavy atom. The molecule has 0 aromatic carbocycles. The van der Waals surface area contributed by atoms with Gasteiger partial charge in [0.2, 0.25) is 0 Å². The lowest BCUT2D eigenvalue weighted by atomic mass is 9.67. The maximum Gasteiger partial charge on any atom is 0.0897 e. The fourth-order valence-corrected chi connectivity index (χ4v) is 3.16. The van der Waals surface area contributed by atoms with Gasteiger partial charge >= 0.3 is 0 Å². The lowest BCUT2D eigenvalue weighted by Crippen LogP contribution is -2.42. The quantitative estimate of drug-likeness (QED) is 0.544. The molecule has 126 valence electrons. The summed E-state index contributed by atoms with van der Waals surface area (Å²) in [4.78, 5) is 0. The van der Waals surface area contributed by atoms with E-state index >= 15 is 0 Å². The first kappa shape index (κ1) is 18.9. The highest BCUT2D eigenvalue weighted by atomic mass is 16.5. The maximum atomic E-state index is 9.98. The molecule has 0 radical (unpaired) electrons. The van der Waals surface area contributed by atoms with Crippen LogP contribution in [0.5, 0.6) is 0 Å². The van der Waals surface area contributed by atoms with E-state index in [0.29, 0.717) is 24.5 Å². The summed E-state index contributed by atoms with van der Waals surface area (Å²) in [7, 11) is 0. The predicted molar refractivity (Wildman–Crippen MR) is 89.6 cm³/mol. The van der Waals surface area contributed by atoms with Crippen molar-refractivity contribution in [2.75, 3.05) is 26.3 Å². The number of rotatable bonds is 13. The molecular weight excluding hydrogens is 262 g/mol. The SMILES string of the molecule is CCCCC(CC)COCC(O)CNCC1(CC)CCC1. The standard InChI is InChI=1S/C18H37NO2/c1-4-7-9-16(5-2)13-21-14-17(20)12-19-15-18(6-3)10-8-11-18/h16-17,19-20H,4-15H2,1-3H3. The number of aliphatic hydroxyl groups is 1. The molecule has 0 aromatic rings. The summed E-state index contributed by atoms with van der Waals surface area (Å²) in [6.45, 7) is 9.71. The van der Waals surface area contributed by atoms with Crippen molar-refractivity contribution in [3.8, 4) is 0 Å². The van der Waals surface area contributed by atoms with E-state index in [2.05, 4.69) is 26.1 Å². The minimum atomic E-state index is -0.373. The van der Waals surface area contributed by atoms with Crippen LogP contribution in [0.25, 0.3) is 0 Å². The van der Waals surface area contributed by atoms with E-state index in [9.17, 15) is 5.11 Å². The molecule has 3 heteroatoms. The number of unbranched alkanes of at least 4 members (excludes halogenated alkanes) is 1. The minimum Gasteiger partial charge on any atom is -0.389 e. The van der Waals surface area contributed by atoms with Crippen LogP contribution < -0.4 is 5.32 Å². The summed E-state index contributed by atoms with van der Waals surface area (Å²) >= 11 is 0. The maximum absolute atomic E-state index is 9.98. The predicted octanol–water partition coefficient (Wildman–Crippen LogP) is 3.75. The van der Waals surface area contributed by atoms with E-state index < -0.39 is 0 Å². The van der Waals surface area contributed by atoms with Gasteiger partial charge in [0.25, 0.3) is 0 Å². The zero-order valence-electron chi connectivity index (χ0n) is 14.5. The van der Waals surface area contributed by atoms with E-state index in [1.807, 2.05) is 0 Å². The third-order valence-electron chi connectivity index (χ3n) is 5.25. The van der Waals surface area contributed by atoms with Gasteiger partial charge in [0.1, 0.15) is 0 Å². The summed E-state index contributed by atoms with van der Waals surface area (Å²) in [5.41, 5.74) is 0.522. The van der Waals surface area contributed by atoms with E-state index in [-0.39, 0.29) is 6.10 Å². The van der Waals surface area contributed by atoms with Crippen molar-refractivity contribution in [1.29, 1.82) is 0 Å². The topological polar surface area (TPSA) is 41.5 Å². The van der Waals surface area contributed by atoms with Crippen molar-refractivity contribution in [3.63, 3.8) is 0 Å². The smallest absolute Gasteiger partial charge is 0.0897 e. The third kappa shape index (κ3) is 7.12. The molecule has 0 heterocycles. The Kier molecular flexibility index (Phi) is 9.54.